The Hall–Kier alpha value is -0.850. The first-order chi connectivity index (χ1) is 7.08. The summed E-state index contributed by atoms with van der Waals surface area (Å²) in [6.07, 6.45) is 0. The highest BCUT2D eigenvalue weighted by atomic mass is 79.9. The lowest BCUT2D eigenvalue weighted by Gasteiger charge is -1.87. The van der Waals surface area contributed by atoms with Crippen LogP contribution in [0.25, 0.3) is 9.75 Å². The molecule has 2 aromatic heterocycles. The van der Waals surface area contributed by atoms with Gasteiger partial charge in [0.05, 0.1) is 9.47 Å². The SMILES string of the molecule is Nc1cc(-c2ccc(Br)s2)sc1C(=O)O. The van der Waals surface area contributed by atoms with Gasteiger partial charge in [0.2, 0.25) is 0 Å². The Bertz CT molecular complexity index is 518. The van der Waals surface area contributed by atoms with E-state index in [-0.39, 0.29) is 4.88 Å². The maximum atomic E-state index is 10.8. The first-order valence-corrected chi connectivity index (χ1v) is 6.39. The Labute approximate surface area is 102 Å². The number of carboxylic acids is 1. The summed E-state index contributed by atoms with van der Waals surface area (Å²) in [5.41, 5.74) is 5.93. The summed E-state index contributed by atoms with van der Waals surface area (Å²) < 4.78 is 1.02. The molecule has 0 aliphatic carbocycles. The average molecular weight is 304 g/mol. The summed E-state index contributed by atoms with van der Waals surface area (Å²) in [5, 5.41) is 8.86. The van der Waals surface area contributed by atoms with Crippen molar-refractivity contribution in [2.45, 2.75) is 0 Å². The zero-order valence-corrected chi connectivity index (χ0v) is 10.6. The third kappa shape index (κ3) is 2.06. The first kappa shape index (κ1) is 10.7. The number of halogens is 1. The monoisotopic (exact) mass is 303 g/mol. The van der Waals surface area contributed by atoms with Crippen LogP contribution in [-0.4, -0.2) is 11.1 Å². The van der Waals surface area contributed by atoms with Crippen LogP contribution in [0.3, 0.4) is 0 Å². The Morgan fingerprint density at radius 3 is 2.53 bits per heavy atom. The number of nitrogen functional groups attached to an aromatic ring is 1. The molecule has 78 valence electrons. The summed E-state index contributed by atoms with van der Waals surface area (Å²) in [7, 11) is 0. The molecule has 0 saturated carbocycles. The van der Waals surface area contributed by atoms with Gasteiger partial charge in [-0.2, -0.15) is 0 Å². The first-order valence-electron chi connectivity index (χ1n) is 3.96. The molecule has 2 heterocycles. The molecule has 0 fully saturated rings. The van der Waals surface area contributed by atoms with Gasteiger partial charge >= 0.3 is 5.97 Å². The molecule has 0 aliphatic rings. The molecule has 0 amide bonds. The van der Waals surface area contributed by atoms with Gasteiger partial charge in [-0.1, -0.05) is 0 Å². The second-order valence-corrected chi connectivity index (χ2v) is 6.32. The minimum Gasteiger partial charge on any atom is -0.477 e. The van der Waals surface area contributed by atoms with Crippen LogP contribution < -0.4 is 5.73 Å². The second-order valence-electron chi connectivity index (χ2n) is 2.80. The van der Waals surface area contributed by atoms with Crippen molar-refractivity contribution in [3.8, 4) is 9.75 Å². The standard InChI is InChI=1S/C9H6BrNO2S2/c10-7-2-1-5(14-7)6-3-4(11)8(15-6)9(12)13/h1-3H,11H2,(H,12,13). The van der Waals surface area contributed by atoms with E-state index >= 15 is 0 Å². The van der Waals surface area contributed by atoms with Crippen LogP contribution in [0.5, 0.6) is 0 Å². The van der Waals surface area contributed by atoms with Crippen LogP contribution in [0.2, 0.25) is 0 Å². The molecule has 3 N–H and O–H groups in total. The summed E-state index contributed by atoms with van der Waals surface area (Å²) in [5.74, 6) is -0.973. The Balaban J connectivity index is 2.46. The highest BCUT2D eigenvalue weighted by molar-refractivity contribution is 9.11. The van der Waals surface area contributed by atoms with E-state index in [0.29, 0.717) is 5.69 Å². The van der Waals surface area contributed by atoms with E-state index in [1.54, 1.807) is 17.4 Å². The molecule has 0 unspecified atom stereocenters. The lowest BCUT2D eigenvalue weighted by atomic mass is 10.3. The summed E-state index contributed by atoms with van der Waals surface area (Å²) in [6.45, 7) is 0. The Morgan fingerprint density at radius 1 is 1.33 bits per heavy atom. The molecule has 2 rings (SSSR count). The Morgan fingerprint density at radius 2 is 2.07 bits per heavy atom. The number of anilines is 1. The lowest BCUT2D eigenvalue weighted by molar-refractivity contribution is 0.0703. The van der Waals surface area contributed by atoms with E-state index in [2.05, 4.69) is 15.9 Å². The number of hydrogen-bond acceptors (Lipinski definition) is 4. The molecule has 0 radical (unpaired) electrons. The van der Waals surface area contributed by atoms with E-state index in [9.17, 15) is 4.79 Å². The number of hydrogen-bond donors (Lipinski definition) is 2. The summed E-state index contributed by atoms with van der Waals surface area (Å²) in [4.78, 5) is 12.9. The van der Waals surface area contributed by atoms with Gasteiger partial charge in [0, 0.05) is 9.75 Å². The van der Waals surface area contributed by atoms with Crippen LogP contribution in [0.4, 0.5) is 5.69 Å². The fourth-order valence-corrected chi connectivity index (χ4v) is 3.53. The quantitative estimate of drug-likeness (QED) is 0.892. The van der Waals surface area contributed by atoms with Gasteiger partial charge in [0.25, 0.3) is 0 Å². The normalized spacial score (nSPS) is 10.5. The maximum absolute atomic E-state index is 10.8. The van der Waals surface area contributed by atoms with Gasteiger partial charge in [-0.25, -0.2) is 4.79 Å². The van der Waals surface area contributed by atoms with Crippen LogP contribution in [0.15, 0.2) is 22.0 Å². The molecule has 0 atom stereocenters. The number of aromatic carboxylic acids is 1. The number of carboxylic acid groups (broad SMARTS) is 1. The molecule has 2 aromatic rings. The van der Waals surface area contributed by atoms with Gasteiger partial charge < -0.3 is 10.8 Å². The number of nitrogens with two attached hydrogens (primary N) is 1. The zero-order valence-electron chi connectivity index (χ0n) is 7.36. The minimum atomic E-state index is -0.973. The summed E-state index contributed by atoms with van der Waals surface area (Å²) in [6, 6.07) is 5.56. The predicted molar refractivity (Wildman–Crippen MR) is 66.7 cm³/mol. The van der Waals surface area contributed by atoms with E-state index in [1.165, 1.54) is 11.3 Å². The largest absolute Gasteiger partial charge is 0.477 e. The van der Waals surface area contributed by atoms with Crippen LogP contribution >= 0.6 is 38.6 Å². The molecule has 6 heteroatoms. The van der Waals surface area contributed by atoms with Crippen LogP contribution in [0, 0.1) is 0 Å². The third-order valence-electron chi connectivity index (χ3n) is 1.77. The van der Waals surface area contributed by atoms with Crippen molar-refractivity contribution in [2.75, 3.05) is 5.73 Å². The molecule has 15 heavy (non-hydrogen) atoms. The third-order valence-corrected chi connectivity index (χ3v) is 4.73. The van der Waals surface area contributed by atoms with Crippen molar-refractivity contribution in [3.63, 3.8) is 0 Å². The average Bonchev–Trinajstić information content (AvgIpc) is 2.71. The van der Waals surface area contributed by atoms with Crippen molar-refractivity contribution in [1.29, 1.82) is 0 Å². The second kappa shape index (κ2) is 3.96. The molecule has 0 saturated heterocycles. The van der Waals surface area contributed by atoms with Gasteiger partial charge in [-0.15, -0.1) is 22.7 Å². The Kier molecular flexibility index (Phi) is 2.81. The molecule has 0 aromatic carbocycles. The highest BCUT2D eigenvalue weighted by Crippen LogP contribution is 2.38. The molecular formula is C9H6BrNO2S2. The van der Waals surface area contributed by atoms with Gasteiger partial charge in [0.1, 0.15) is 4.88 Å². The van der Waals surface area contributed by atoms with Gasteiger partial charge in [-0.3, -0.25) is 0 Å². The van der Waals surface area contributed by atoms with E-state index in [4.69, 9.17) is 10.8 Å². The summed E-state index contributed by atoms with van der Waals surface area (Å²) >= 11 is 6.11. The molecule has 3 nitrogen and oxygen atoms in total. The maximum Gasteiger partial charge on any atom is 0.348 e. The highest BCUT2D eigenvalue weighted by Gasteiger charge is 2.14. The van der Waals surface area contributed by atoms with E-state index in [0.717, 1.165) is 13.5 Å². The zero-order chi connectivity index (χ0) is 11.0. The van der Waals surface area contributed by atoms with Crippen molar-refractivity contribution in [3.05, 3.63) is 26.9 Å². The van der Waals surface area contributed by atoms with Crippen LogP contribution in [0.1, 0.15) is 9.67 Å². The molecule has 0 bridgehead atoms. The topological polar surface area (TPSA) is 63.3 Å². The van der Waals surface area contributed by atoms with E-state index < -0.39 is 5.97 Å². The van der Waals surface area contributed by atoms with Crippen molar-refractivity contribution >= 4 is 50.3 Å². The van der Waals surface area contributed by atoms with Crippen molar-refractivity contribution < 1.29 is 9.90 Å². The predicted octanol–water partition coefficient (Wildman–Crippen LogP) is 3.52. The van der Waals surface area contributed by atoms with Gasteiger partial charge in [0.15, 0.2) is 0 Å². The minimum absolute atomic E-state index is 0.203. The number of carbonyl (C=O) groups is 1. The van der Waals surface area contributed by atoms with E-state index in [1.807, 2.05) is 12.1 Å². The fourth-order valence-electron chi connectivity index (χ4n) is 1.14. The number of thiophene rings is 2. The van der Waals surface area contributed by atoms with Crippen molar-refractivity contribution in [2.24, 2.45) is 0 Å². The molecular weight excluding hydrogens is 298 g/mol. The molecule has 0 aliphatic heterocycles. The smallest absolute Gasteiger partial charge is 0.348 e. The van der Waals surface area contributed by atoms with Crippen LogP contribution in [-0.2, 0) is 0 Å². The fraction of sp³-hybridized carbons (Fsp3) is 0. The number of rotatable bonds is 2. The van der Waals surface area contributed by atoms with Gasteiger partial charge in [-0.05, 0) is 34.1 Å². The van der Waals surface area contributed by atoms with Crippen molar-refractivity contribution in [1.82, 2.24) is 0 Å². The lowest BCUT2D eigenvalue weighted by Crippen LogP contribution is -1.96. The molecule has 0 spiro atoms.